The van der Waals surface area contributed by atoms with Crippen LogP contribution in [0.4, 0.5) is 5.95 Å². The molecular formula is C22H23N5O3. The Balaban J connectivity index is 1.86. The number of hydrogen-bond donors (Lipinski definition) is 2. The number of fused-ring (bicyclic) bond motifs is 1. The third-order valence-corrected chi connectivity index (χ3v) is 4.98. The number of carbonyl (C=O) groups is 1. The monoisotopic (exact) mass is 405 g/mol. The predicted molar refractivity (Wildman–Crippen MR) is 113 cm³/mol. The Labute approximate surface area is 174 Å². The molecule has 1 aliphatic heterocycles. The molecule has 8 nitrogen and oxygen atoms in total. The standard InChI is InChI=1S/C22H23N5O3/c1-4-30-17-8-6-5-7-16(17)19-18(20(23)28)13(2)24-22-25-21(26-27(19)22)14-9-11-15(29-3)12-10-14/h5-12,19H,4H2,1-3H3,(H2,23,28)(H,24,25,26)/t19-/m1/s1. The summed E-state index contributed by atoms with van der Waals surface area (Å²) in [6, 6.07) is 14.5. The number of benzene rings is 2. The number of ether oxygens (including phenoxy) is 2. The van der Waals surface area contributed by atoms with Gasteiger partial charge in [-0.25, -0.2) is 4.68 Å². The lowest BCUT2D eigenvalue weighted by Gasteiger charge is -2.28. The minimum Gasteiger partial charge on any atom is -0.497 e. The van der Waals surface area contributed by atoms with Crippen molar-refractivity contribution < 1.29 is 14.3 Å². The van der Waals surface area contributed by atoms with Crippen LogP contribution < -0.4 is 20.5 Å². The Morgan fingerprint density at radius 1 is 1.20 bits per heavy atom. The highest BCUT2D eigenvalue weighted by atomic mass is 16.5. The van der Waals surface area contributed by atoms with Gasteiger partial charge in [-0.15, -0.1) is 5.10 Å². The molecule has 154 valence electrons. The van der Waals surface area contributed by atoms with E-state index in [1.165, 1.54) is 0 Å². The van der Waals surface area contributed by atoms with Crippen molar-refractivity contribution >= 4 is 11.9 Å². The van der Waals surface area contributed by atoms with Gasteiger partial charge < -0.3 is 20.5 Å². The first-order chi connectivity index (χ1) is 14.5. The van der Waals surface area contributed by atoms with Gasteiger partial charge >= 0.3 is 0 Å². The van der Waals surface area contributed by atoms with Gasteiger partial charge in [-0.3, -0.25) is 4.79 Å². The number of amides is 1. The highest BCUT2D eigenvalue weighted by Crippen LogP contribution is 2.39. The number of anilines is 1. The third kappa shape index (κ3) is 3.36. The molecule has 1 amide bonds. The van der Waals surface area contributed by atoms with Crippen LogP contribution in [0, 0.1) is 0 Å². The predicted octanol–water partition coefficient (Wildman–Crippen LogP) is 3.13. The van der Waals surface area contributed by atoms with Crippen molar-refractivity contribution in [3.05, 3.63) is 65.4 Å². The molecule has 0 saturated heterocycles. The van der Waals surface area contributed by atoms with Gasteiger partial charge in [-0.2, -0.15) is 4.98 Å². The summed E-state index contributed by atoms with van der Waals surface area (Å²) < 4.78 is 12.7. The molecule has 0 fully saturated rings. The summed E-state index contributed by atoms with van der Waals surface area (Å²) in [4.78, 5) is 17.0. The van der Waals surface area contributed by atoms with E-state index >= 15 is 0 Å². The average molecular weight is 405 g/mol. The second-order valence-electron chi connectivity index (χ2n) is 6.83. The van der Waals surface area contributed by atoms with E-state index in [0.29, 0.717) is 35.4 Å². The first kappa shape index (κ1) is 19.5. The van der Waals surface area contributed by atoms with Crippen LogP contribution in [0.25, 0.3) is 11.4 Å². The number of nitrogens with one attached hydrogen (secondary N) is 1. The number of primary amides is 1. The van der Waals surface area contributed by atoms with Gasteiger partial charge in [0.05, 0.1) is 19.3 Å². The fourth-order valence-corrected chi connectivity index (χ4v) is 3.61. The van der Waals surface area contributed by atoms with E-state index < -0.39 is 11.9 Å². The second kappa shape index (κ2) is 7.90. The summed E-state index contributed by atoms with van der Waals surface area (Å²) in [6.45, 7) is 4.22. The van der Waals surface area contributed by atoms with Crippen molar-refractivity contribution in [3.63, 3.8) is 0 Å². The number of rotatable bonds is 6. The molecule has 0 saturated carbocycles. The Bertz CT molecular complexity index is 1120. The summed E-state index contributed by atoms with van der Waals surface area (Å²) >= 11 is 0. The van der Waals surface area contributed by atoms with Crippen LogP contribution in [0.3, 0.4) is 0 Å². The van der Waals surface area contributed by atoms with E-state index in [1.807, 2.05) is 62.4 Å². The van der Waals surface area contributed by atoms with Gasteiger partial charge in [0.2, 0.25) is 11.9 Å². The van der Waals surface area contributed by atoms with Crippen molar-refractivity contribution in [2.75, 3.05) is 19.0 Å². The largest absolute Gasteiger partial charge is 0.497 e. The zero-order valence-corrected chi connectivity index (χ0v) is 17.0. The van der Waals surface area contributed by atoms with Gasteiger partial charge in [0.25, 0.3) is 0 Å². The van der Waals surface area contributed by atoms with Gasteiger partial charge in [0.15, 0.2) is 5.82 Å². The molecule has 0 spiro atoms. The number of aromatic nitrogens is 3. The van der Waals surface area contributed by atoms with Gasteiger partial charge in [0.1, 0.15) is 17.5 Å². The van der Waals surface area contributed by atoms with E-state index in [1.54, 1.807) is 11.8 Å². The molecule has 3 aromatic rings. The number of allylic oxidation sites excluding steroid dienone is 1. The Kier molecular flexibility index (Phi) is 5.14. The Hall–Kier alpha value is -3.81. The topological polar surface area (TPSA) is 104 Å². The fourth-order valence-electron chi connectivity index (χ4n) is 3.61. The van der Waals surface area contributed by atoms with E-state index in [2.05, 4.69) is 10.3 Å². The maximum Gasteiger partial charge on any atom is 0.248 e. The van der Waals surface area contributed by atoms with Crippen molar-refractivity contribution in [1.29, 1.82) is 0 Å². The van der Waals surface area contributed by atoms with Gasteiger partial charge in [-0.05, 0) is 44.2 Å². The quantitative estimate of drug-likeness (QED) is 0.653. The first-order valence-corrected chi connectivity index (χ1v) is 9.63. The lowest BCUT2D eigenvalue weighted by molar-refractivity contribution is -0.115. The zero-order chi connectivity index (χ0) is 21.3. The average Bonchev–Trinajstić information content (AvgIpc) is 3.17. The van der Waals surface area contributed by atoms with Crippen molar-refractivity contribution in [1.82, 2.24) is 14.8 Å². The highest BCUT2D eigenvalue weighted by molar-refractivity contribution is 5.95. The number of nitrogens with zero attached hydrogens (tertiary/aromatic N) is 3. The molecule has 0 aliphatic carbocycles. The minimum atomic E-state index is -0.555. The molecule has 2 aromatic carbocycles. The lowest BCUT2D eigenvalue weighted by Crippen LogP contribution is -2.32. The van der Waals surface area contributed by atoms with Crippen LogP contribution in [0.2, 0.25) is 0 Å². The summed E-state index contributed by atoms with van der Waals surface area (Å²) in [7, 11) is 1.62. The molecule has 0 radical (unpaired) electrons. The summed E-state index contributed by atoms with van der Waals surface area (Å²) in [5.74, 6) is 1.95. The summed E-state index contributed by atoms with van der Waals surface area (Å²) in [6.07, 6.45) is 0. The molecular weight excluding hydrogens is 382 g/mol. The van der Waals surface area contributed by atoms with Gasteiger partial charge in [-0.1, -0.05) is 18.2 Å². The fraction of sp³-hybridized carbons (Fsp3) is 0.227. The summed E-state index contributed by atoms with van der Waals surface area (Å²) in [5.41, 5.74) is 8.44. The van der Waals surface area contributed by atoms with E-state index in [4.69, 9.17) is 20.3 Å². The number of nitrogens with two attached hydrogens (primary N) is 1. The minimum absolute atomic E-state index is 0.417. The van der Waals surface area contributed by atoms with E-state index in [-0.39, 0.29) is 0 Å². The van der Waals surface area contributed by atoms with Crippen molar-refractivity contribution in [2.24, 2.45) is 5.73 Å². The van der Waals surface area contributed by atoms with Crippen molar-refractivity contribution in [2.45, 2.75) is 19.9 Å². The maximum absolute atomic E-state index is 12.4. The molecule has 1 aromatic heterocycles. The summed E-state index contributed by atoms with van der Waals surface area (Å²) in [5, 5.41) is 7.87. The molecule has 1 atom stereocenters. The van der Waals surface area contributed by atoms with E-state index in [9.17, 15) is 4.79 Å². The van der Waals surface area contributed by atoms with Crippen molar-refractivity contribution in [3.8, 4) is 22.9 Å². The van der Waals surface area contributed by atoms with Crippen LogP contribution >= 0.6 is 0 Å². The first-order valence-electron chi connectivity index (χ1n) is 9.63. The molecule has 30 heavy (non-hydrogen) atoms. The number of hydrogen-bond acceptors (Lipinski definition) is 6. The van der Waals surface area contributed by atoms with E-state index in [0.717, 1.165) is 16.9 Å². The van der Waals surface area contributed by atoms with Crippen LogP contribution in [0.15, 0.2) is 59.8 Å². The molecule has 8 heteroatoms. The maximum atomic E-state index is 12.4. The number of carbonyl (C=O) groups excluding carboxylic acids is 1. The Morgan fingerprint density at radius 2 is 1.93 bits per heavy atom. The Morgan fingerprint density at radius 3 is 2.60 bits per heavy atom. The molecule has 0 unspecified atom stereocenters. The van der Waals surface area contributed by atoms with Crippen LogP contribution in [-0.2, 0) is 4.79 Å². The normalized spacial score (nSPS) is 15.4. The molecule has 4 rings (SSSR count). The SMILES string of the molecule is CCOc1ccccc1[C@@H]1C(C(N)=O)=C(C)Nc2nc(-c3ccc(OC)cc3)nn21. The molecule has 2 heterocycles. The zero-order valence-electron chi connectivity index (χ0n) is 17.0. The number of para-hydroxylation sites is 1. The van der Waals surface area contributed by atoms with Crippen LogP contribution in [-0.4, -0.2) is 34.4 Å². The smallest absolute Gasteiger partial charge is 0.248 e. The number of methoxy groups -OCH3 is 1. The third-order valence-electron chi connectivity index (χ3n) is 4.98. The second-order valence-corrected chi connectivity index (χ2v) is 6.83. The lowest BCUT2D eigenvalue weighted by atomic mass is 9.94. The van der Waals surface area contributed by atoms with Crippen LogP contribution in [0.5, 0.6) is 11.5 Å². The van der Waals surface area contributed by atoms with Crippen LogP contribution in [0.1, 0.15) is 25.5 Å². The molecule has 0 bridgehead atoms. The highest BCUT2D eigenvalue weighted by Gasteiger charge is 2.35. The van der Waals surface area contributed by atoms with Gasteiger partial charge in [0, 0.05) is 16.8 Å². The molecule has 3 N–H and O–H groups in total. The molecule has 1 aliphatic rings.